The molecular weight excluding hydrogens is 865 g/mol. The Kier molecular flexibility index (Phi) is 56.7. The molecule has 0 aromatic rings. The van der Waals surface area contributed by atoms with Crippen LogP contribution < -0.4 is 0 Å². The quantitative estimate of drug-likeness (QED) is 0.0261. The lowest BCUT2D eigenvalue weighted by atomic mass is 10.0. The number of carbonyl (C=O) groups excluding carboxylic acids is 3. The molecule has 0 rings (SSSR count). The number of esters is 3. The Balaban J connectivity index is 4.11. The van der Waals surface area contributed by atoms with Crippen LogP contribution in [0.4, 0.5) is 0 Å². The Bertz CT molecular complexity index is 1220. The van der Waals surface area contributed by atoms with Crippen LogP contribution in [-0.2, 0) is 28.6 Å². The summed E-state index contributed by atoms with van der Waals surface area (Å²) in [5, 5.41) is 0. The van der Waals surface area contributed by atoms with Crippen LogP contribution >= 0.6 is 0 Å². The molecule has 0 aliphatic rings. The second-order valence-corrected chi connectivity index (χ2v) is 20.6. The molecule has 0 bridgehead atoms. The molecule has 408 valence electrons. The highest BCUT2D eigenvalue weighted by molar-refractivity contribution is 5.71. The molecule has 0 heterocycles. The molecule has 0 aromatic carbocycles. The van der Waals surface area contributed by atoms with Crippen LogP contribution in [0.2, 0.25) is 0 Å². The molecule has 70 heavy (non-hydrogen) atoms. The van der Waals surface area contributed by atoms with Crippen molar-refractivity contribution >= 4 is 17.9 Å². The van der Waals surface area contributed by atoms with Crippen LogP contribution in [0.1, 0.15) is 323 Å². The van der Waals surface area contributed by atoms with Gasteiger partial charge in [-0.25, -0.2) is 0 Å². The fourth-order valence-corrected chi connectivity index (χ4v) is 9.02. The smallest absolute Gasteiger partial charge is 0.306 e. The van der Waals surface area contributed by atoms with E-state index < -0.39 is 6.10 Å². The summed E-state index contributed by atoms with van der Waals surface area (Å²) in [4.78, 5) is 38.0. The minimum Gasteiger partial charge on any atom is -0.462 e. The van der Waals surface area contributed by atoms with Crippen LogP contribution in [0.25, 0.3) is 0 Å². The van der Waals surface area contributed by atoms with Gasteiger partial charge in [-0.3, -0.25) is 14.4 Å². The number of allylic oxidation sites excluding steroid dienone is 8. The standard InChI is InChI=1S/C64H116O6/c1-4-7-10-13-16-18-20-22-24-26-28-30-31-32-33-34-36-37-39-41-43-45-48-51-54-57-63(66)69-60-61(59-68-62(65)56-53-50-47-15-12-9-6-3)70-64(67)58-55-52-49-46-44-42-40-38-35-29-27-25-23-21-19-17-14-11-8-5-2/h7,10,16,18,22,24,28,30,61H,4-6,8-9,11-15,17,19-21,23,25-27,29,31-60H2,1-3H3/b10-7-,18-16-,24-22-,30-28-. The SMILES string of the molecule is CC/C=C\C/C=C\C/C=C\C/C=C\CCCCCCCCCCCCCCC(=O)OCC(COC(=O)CCCCCCCCC)OC(=O)CCCCCCCCCCCCCCCCCCCCCC. The van der Waals surface area contributed by atoms with Gasteiger partial charge in [0, 0.05) is 19.3 Å². The molecule has 6 nitrogen and oxygen atoms in total. The van der Waals surface area contributed by atoms with E-state index in [9.17, 15) is 14.4 Å². The maximum Gasteiger partial charge on any atom is 0.306 e. The molecule has 6 heteroatoms. The molecule has 0 fully saturated rings. The minimum atomic E-state index is -0.768. The van der Waals surface area contributed by atoms with Crippen molar-refractivity contribution < 1.29 is 28.6 Å². The second kappa shape index (κ2) is 58.9. The molecule has 0 aliphatic heterocycles. The largest absolute Gasteiger partial charge is 0.462 e. The van der Waals surface area contributed by atoms with Crippen molar-refractivity contribution in [1.29, 1.82) is 0 Å². The first kappa shape index (κ1) is 67.4. The van der Waals surface area contributed by atoms with Crippen molar-refractivity contribution in [2.45, 2.75) is 329 Å². The van der Waals surface area contributed by atoms with Gasteiger partial charge in [0.2, 0.25) is 0 Å². The van der Waals surface area contributed by atoms with E-state index in [-0.39, 0.29) is 31.1 Å². The van der Waals surface area contributed by atoms with E-state index in [0.29, 0.717) is 19.3 Å². The fraction of sp³-hybridized carbons (Fsp3) is 0.828. The molecule has 0 saturated carbocycles. The first-order valence-electron chi connectivity index (χ1n) is 30.6. The van der Waals surface area contributed by atoms with Gasteiger partial charge in [0.25, 0.3) is 0 Å². The maximum atomic E-state index is 12.8. The topological polar surface area (TPSA) is 78.9 Å². The van der Waals surface area contributed by atoms with Gasteiger partial charge < -0.3 is 14.2 Å². The van der Waals surface area contributed by atoms with Gasteiger partial charge in [0.1, 0.15) is 13.2 Å². The number of unbranched alkanes of at least 4 members (excludes halogenated alkanes) is 37. The Morgan fingerprint density at radius 3 is 0.871 bits per heavy atom. The lowest BCUT2D eigenvalue weighted by Gasteiger charge is -2.18. The summed E-state index contributed by atoms with van der Waals surface area (Å²) in [5.74, 6) is -0.859. The molecule has 0 saturated heterocycles. The van der Waals surface area contributed by atoms with Gasteiger partial charge >= 0.3 is 17.9 Å². The van der Waals surface area contributed by atoms with E-state index in [1.165, 1.54) is 199 Å². The highest BCUT2D eigenvalue weighted by atomic mass is 16.6. The van der Waals surface area contributed by atoms with Gasteiger partial charge in [-0.1, -0.05) is 294 Å². The molecule has 0 radical (unpaired) electrons. The highest BCUT2D eigenvalue weighted by Crippen LogP contribution is 2.17. The van der Waals surface area contributed by atoms with Gasteiger partial charge in [-0.05, 0) is 57.8 Å². The average Bonchev–Trinajstić information content (AvgIpc) is 3.36. The molecule has 1 unspecified atom stereocenters. The van der Waals surface area contributed by atoms with E-state index in [0.717, 1.165) is 83.5 Å². The van der Waals surface area contributed by atoms with Gasteiger partial charge in [0.05, 0.1) is 0 Å². The Morgan fingerprint density at radius 2 is 0.557 bits per heavy atom. The summed E-state index contributed by atoms with van der Waals surface area (Å²) in [6.07, 6.45) is 72.8. The maximum absolute atomic E-state index is 12.8. The molecule has 0 N–H and O–H groups in total. The number of ether oxygens (including phenoxy) is 3. The molecular formula is C64H116O6. The van der Waals surface area contributed by atoms with Crippen molar-refractivity contribution in [3.63, 3.8) is 0 Å². The normalized spacial score (nSPS) is 12.3. The number of hydrogen-bond acceptors (Lipinski definition) is 6. The molecule has 0 spiro atoms. The third-order valence-electron chi connectivity index (χ3n) is 13.6. The summed E-state index contributed by atoms with van der Waals surface area (Å²) in [6, 6.07) is 0. The van der Waals surface area contributed by atoms with Crippen LogP contribution in [-0.4, -0.2) is 37.2 Å². The van der Waals surface area contributed by atoms with E-state index in [1.807, 2.05) is 0 Å². The lowest BCUT2D eigenvalue weighted by Crippen LogP contribution is -2.30. The van der Waals surface area contributed by atoms with Gasteiger partial charge in [-0.15, -0.1) is 0 Å². The zero-order valence-corrected chi connectivity index (χ0v) is 46.8. The predicted octanol–water partition coefficient (Wildman–Crippen LogP) is 20.6. The third-order valence-corrected chi connectivity index (χ3v) is 13.6. The second-order valence-electron chi connectivity index (χ2n) is 20.6. The summed E-state index contributed by atoms with van der Waals surface area (Å²) >= 11 is 0. The molecule has 1 atom stereocenters. The minimum absolute atomic E-state index is 0.0692. The number of carbonyl (C=O) groups is 3. The lowest BCUT2D eigenvalue weighted by molar-refractivity contribution is -0.167. The first-order chi connectivity index (χ1) is 34.5. The van der Waals surface area contributed by atoms with Crippen molar-refractivity contribution in [2.24, 2.45) is 0 Å². The van der Waals surface area contributed by atoms with Crippen LogP contribution in [0, 0.1) is 0 Å². The van der Waals surface area contributed by atoms with Crippen molar-refractivity contribution in [3.8, 4) is 0 Å². The monoisotopic (exact) mass is 981 g/mol. The Labute approximate surface area is 435 Å². The van der Waals surface area contributed by atoms with Crippen molar-refractivity contribution in [1.82, 2.24) is 0 Å². The highest BCUT2D eigenvalue weighted by Gasteiger charge is 2.19. The van der Waals surface area contributed by atoms with Gasteiger partial charge in [0.15, 0.2) is 6.10 Å². The number of hydrogen-bond donors (Lipinski definition) is 0. The van der Waals surface area contributed by atoms with E-state index in [4.69, 9.17) is 14.2 Å². The first-order valence-corrected chi connectivity index (χ1v) is 30.6. The summed E-state index contributed by atoms with van der Waals surface area (Å²) in [5.41, 5.74) is 0. The fourth-order valence-electron chi connectivity index (χ4n) is 9.02. The Morgan fingerprint density at radius 1 is 0.300 bits per heavy atom. The summed E-state index contributed by atoms with van der Waals surface area (Å²) in [6.45, 7) is 6.53. The molecule has 0 amide bonds. The van der Waals surface area contributed by atoms with Crippen LogP contribution in [0.5, 0.6) is 0 Å². The van der Waals surface area contributed by atoms with E-state index >= 15 is 0 Å². The van der Waals surface area contributed by atoms with E-state index in [1.54, 1.807) is 0 Å². The van der Waals surface area contributed by atoms with Crippen LogP contribution in [0.15, 0.2) is 48.6 Å². The van der Waals surface area contributed by atoms with Crippen LogP contribution in [0.3, 0.4) is 0 Å². The van der Waals surface area contributed by atoms with Gasteiger partial charge in [-0.2, -0.15) is 0 Å². The van der Waals surface area contributed by atoms with Crippen molar-refractivity contribution in [2.75, 3.05) is 13.2 Å². The average molecular weight is 982 g/mol. The zero-order valence-electron chi connectivity index (χ0n) is 46.8. The molecule has 0 aliphatic carbocycles. The van der Waals surface area contributed by atoms with E-state index in [2.05, 4.69) is 69.4 Å². The third kappa shape index (κ3) is 56.3. The number of rotatable bonds is 56. The summed E-state index contributed by atoms with van der Waals surface area (Å²) in [7, 11) is 0. The Hall–Kier alpha value is -2.63. The van der Waals surface area contributed by atoms with Crippen molar-refractivity contribution in [3.05, 3.63) is 48.6 Å². The summed E-state index contributed by atoms with van der Waals surface area (Å²) < 4.78 is 16.8. The predicted molar refractivity (Wildman–Crippen MR) is 302 cm³/mol. The molecule has 0 aromatic heterocycles. The zero-order chi connectivity index (χ0) is 50.7.